The smallest absolute Gasteiger partial charge is 0.271 e. The molecule has 1 aliphatic heterocycles. The minimum Gasteiger partial charge on any atom is -0.487 e. The largest absolute Gasteiger partial charge is 0.487 e. The molecular weight excluding hydrogens is 494 g/mol. The van der Waals surface area contributed by atoms with Gasteiger partial charge in [-0.25, -0.2) is 8.42 Å². The Bertz CT molecular complexity index is 1390. The number of sulfonamides is 1. The van der Waals surface area contributed by atoms with Gasteiger partial charge in [0, 0.05) is 24.1 Å². The van der Waals surface area contributed by atoms with E-state index in [4.69, 9.17) is 4.74 Å². The fourth-order valence-corrected chi connectivity index (χ4v) is 6.03. The monoisotopic (exact) mass is 523 g/mol. The third-order valence-corrected chi connectivity index (χ3v) is 8.56. The van der Waals surface area contributed by atoms with E-state index in [0.29, 0.717) is 12.2 Å². The van der Waals surface area contributed by atoms with Gasteiger partial charge in [-0.1, -0.05) is 56.3 Å². The normalized spacial score (nSPS) is 16.2. The van der Waals surface area contributed by atoms with Gasteiger partial charge in [0.15, 0.2) is 0 Å². The van der Waals surface area contributed by atoms with E-state index in [-0.39, 0.29) is 22.3 Å². The van der Waals surface area contributed by atoms with Crippen LogP contribution in [0, 0.1) is 10.1 Å². The van der Waals surface area contributed by atoms with Crippen LogP contribution in [-0.2, 0) is 14.8 Å². The highest BCUT2D eigenvalue weighted by Crippen LogP contribution is 2.42. The van der Waals surface area contributed by atoms with Gasteiger partial charge in [-0.15, -0.1) is 0 Å². The molecule has 1 aliphatic rings. The molecule has 4 rings (SSSR count). The quantitative estimate of drug-likeness (QED) is 0.312. The lowest BCUT2D eigenvalue weighted by Crippen LogP contribution is -2.47. The van der Waals surface area contributed by atoms with Crippen molar-refractivity contribution in [1.29, 1.82) is 0 Å². The number of rotatable bonds is 9. The van der Waals surface area contributed by atoms with Crippen LogP contribution in [0.3, 0.4) is 0 Å². The van der Waals surface area contributed by atoms with Crippen LogP contribution in [0.15, 0.2) is 83.8 Å². The van der Waals surface area contributed by atoms with E-state index in [0.717, 1.165) is 28.8 Å². The van der Waals surface area contributed by atoms with Crippen molar-refractivity contribution >= 4 is 27.3 Å². The third-order valence-electron chi connectivity index (χ3n) is 6.77. The van der Waals surface area contributed by atoms with Crippen molar-refractivity contribution < 1.29 is 22.9 Å². The summed E-state index contributed by atoms with van der Waals surface area (Å²) in [6, 6.07) is 20.0. The number of nitrogens with zero attached hydrogens (tertiary/aromatic N) is 2. The molecule has 1 atom stereocenters. The Balaban J connectivity index is 1.68. The first-order chi connectivity index (χ1) is 17.7. The van der Waals surface area contributed by atoms with Crippen LogP contribution in [0.25, 0.3) is 0 Å². The summed E-state index contributed by atoms with van der Waals surface area (Å²) in [5.41, 5.74) is 0.112. The highest BCUT2D eigenvalue weighted by atomic mass is 32.2. The highest BCUT2D eigenvalue weighted by molar-refractivity contribution is 7.92. The summed E-state index contributed by atoms with van der Waals surface area (Å²) in [6.45, 7) is 3.52. The summed E-state index contributed by atoms with van der Waals surface area (Å²) in [5, 5.41) is 14.4. The van der Waals surface area contributed by atoms with E-state index in [2.05, 4.69) is 5.32 Å². The van der Waals surface area contributed by atoms with Crippen molar-refractivity contribution in [2.45, 2.75) is 49.6 Å². The highest BCUT2D eigenvalue weighted by Gasteiger charge is 2.39. The second kappa shape index (κ2) is 10.6. The van der Waals surface area contributed by atoms with Crippen molar-refractivity contribution in [2.75, 3.05) is 10.8 Å². The van der Waals surface area contributed by atoms with Crippen LogP contribution < -0.4 is 14.4 Å². The molecule has 9 nitrogen and oxygen atoms in total. The number of nitrogens with one attached hydrogen (secondary N) is 1. The van der Waals surface area contributed by atoms with Crippen molar-refractivity contribution in [3.05, 3.63) is 94.5 Å². The number of hydrogen-bond acceptors (Lipinski definition) is 6. The maximum Gasteiger partial charge on any atom is 0.271 e. The van der Waals surface area contributed by atoms with Gasteiger partial charge in [0.1, 0.15) is 17.9 Å². The zero-order chi connectivity index (χ0) is 26.6. The zero-order valence-electron chi connectivity index (χ0n) is 20.7. The maximum absolute atomic E-state index is 13.6. The molecular formula is C27H29N3O6S. The summed E-state index contributed by atoms with van der Waals surface area (Å²) in [4.78, 5) is 24.1. The number of para-hydroxylation sites is 1. The number of nitro groups is 1. The SMILES string of the molecule is CCC1(CC)C[C@@H](NC(=O)CN(c2cccc([N+](=O)[O-])c2)S(=O)(=O)c2ccccc2)c2ccccc2O1. The number of nitro benzene ring substituents is 1. The Morgan fingerprint density at radius 2 is 1.73 bits per heavy atom. The van der Waals surface area contributed by atoms with Crippen molar-refractivity contribution in [3.63, 3.8) is 0 Å². The molecule has 0 saturated carbocycles. The molecule has 10 heteroatoms. The van der Waals surface area contributed by atoms with E-state index < -0.39 is 33.0 Å². The van der Waals surface area contributed by atoms with Gasteiger partial charge in [-0.05, 0) is 37.1 Å². The Hall–Kier alpha value is -3.92. The molecule has 0 unspecified atom stereocenters. The van der Waals surface area contributed by atoms with Gasteiger partial charge in [-0.2, -0.15) is 0 Å². The molecule has 1 N–H and O–H groups in total. The molecule has 0 radical (unpaired) electrons. The first-order valence-corrected chi connectivity index (χ1v) is 13.5. The summed E-state index contributed by atoms with van der Waals surface area (Å²) in [5.74, 6) is 0.156. The van der Waals surface area contributed by atoms with Crippen LogP contribution in [-0.4, -0.2) is 31.4 Å². The number of anilines is 1. The molecule has 3 aromatic rings. The summed E-state index contributed by atoms with van der Waals surface area (Å²) in [6.07, 6.45) is 2.02. The van der Waals surface area contributed by atoms with Crippen LogP contribution in [0.5, 0.6) is 5.75 Å². The second-order valence-corrected chi connectivity index (χ2v) is 10.8. The fourth-order valence-electron chi connectivity index (χ4n) is 4.60. The number of fused-ring (bicyclic) bond motifs is 1. The van der Waals surface area contributed by atoms with Crippen LogP contribution >= 0.6 is 0 Å². The lowest BCUT2D eigenvalue weighted by molar-refractivity contribution is -0.384. The van der Waals surface area contributed by atoms with Crippen LogP contribution in [0.2, 0.25) is 0 Å². The van der Waals surface area contributed by atoms with E-state index in [1.54, 1.807) is 18.2 Å². The Labute approximate surface area is 216 Å². The van der Waals surface area contributed by atoms with Gasteiger partial charge in [-0.3, -0.25) is 19.2 Å². The first kappa shape index (κ1) is 26.2. The molecule has 0 bridgehead atoms. The molecule has 3 aromatic carbocycles. The van der Waals surface area contributed by atoms with E-state index in [9.17, 15) is 23.3 Å². The van der Waals surface area contributed by atoms with E-state index >= 15 is 0 Å². The lowest BCUT2D eigenvalue weighted by Gasteiger charge is -2.41. The third kappa shape index (κ3) is 5.43. The topological polar surface area (TPSA) is 119 Å². The average molecular weight is 524 g/mol. The molecule has 0 aromatic heterocycles. The van der Waals surface area contributed by atoms with Gasteiger partial charge >= 0.3 is 0 Å². The standard InChI is InChI=1S/C27H29N3O6S/c1-3-27(4-2)18-24(23-15-8-9-16-25(23)36-27)28-26(31)19-29(20-11-10-12-21(17-20)30(32)33)37(34,35)22-13-6-5-7-14-22/h5-17,24H,3-4,18-19H2,1-2H3,(H,28,31)/t24-/m1/s1. The summed E-state index contributed by atoms with van der Waals surface area (Å²) < 4.78 is 34.4. The summed E-state index contributed by atoms with van der Waals surface area (Å²) >= 11 is 0. The van der Waals surface area contributed by atoms with Crippen molar-refractivity contribution in [3.8, 4) is 5.75 Å². The lowest BCUT2D eigenvalue weighted by atomic mass is 9.83. The Kier molecular flexibility index (Phi) is 7.49. The van der Waals surface area contributed by atoms with Gasteiger partial charge in [0.05, 0.1) is 21.5 Å². The molecule has 0 fully saturated rings. The minimum atomic E-state index is -4.20. The second-order valence-electron chi connectivity index (χ2n) is 8.96. The van der Waals surface area contributed by atoms with E-state index in [1.807, 2.05) is 38.1 Å². The number of benzene rings is 3. The predicted molar refractivity (Wildman–Crippen MR) is 140 cm³/mol. The van der Waals surface area contributed by atoms with E-state index in [1.165, 1.54) is 30.3 Å². The maximum atomic E-state index is 13.6. The number of hydrogen-bond donors (Lipinski definition) is 1. The number of non-ortho nitro benzene ring substituents is 1. The fraction of sp³-hybridized carbons (Fsp3) is 0.296. The predicted octanol–water partition coefficient (Wildman–Crippen LogP) is 4.99. The first-order valence-electron chi connectivity index (χ1n) is 12.1. The van der Waals surface area contributed by atoms with Gasteiger partial charge in [0.2, 0.25) is 5.91 Å². The Morgan fingerprint density at radius 1 is 1.05 bits per heavy atom. The number of amides is 1. The molecule has 0 spiro atoms. The van der Waals surface area contributed by atoms with Gasteiger partial charge in [0.25, 0.3) is 15.7 Å². The molecule has 1 amide bonds. The number of carbonyl (C=O) groups excluding carboxylic acids is 1. The van der Waals surface area contributed by atoms with Gasteiger partial charge < -0.3 is 10.1 Å². The minimum absolute atomic E-state index is 0.0250. The Morgan fingerprint density at radius 3 is 2.41 bits per heavy atom. The average Bonchev–Trinajstić information content (AvgIpc) is 2.92. The number of ether oxygens (including phenoxy) is 1. The number of carbonyl (C=O) groups is 1. The molecule has 0 aliphatic carbocycles. The molecule has 0 saturated heterocycles. The molecule has 194 valence electrons. The van der Waals surface area contributed by atoms with Crippen molar-refractivity contribution in [2.24, 2.45) is 0 Å². The van der Waals surface area contributed by atoms with Crippen LogP contribution in [0.1, 0.15) is 44.7 Å². The zero-order valence-corrected chi connectivity index (χ0v) is 21.5. The van der Waals surface area contributed by atoms with Crippen LogP contribution in [0.4, 0.5) is 11.4 Å². The molecule has 37 heavy (non-hydrogen) atoms. The molecule has 1 heterocycles. The summed E-state index contributed by atoms with van der Waals surface area (Å²) in [7, 11) is -4.20. The van der Waals surface area contributed by atoms with Crippen molar-refractivity contribution in [1.82, 2.24) is 5.32 Å².